The molecule has 0 aliphatic rings. The minimum absolute atomic E-state index is 0.0237. The third kappa shape index (κ3) is 5.92. The van der Waals surface area contributed by atoms with Gasteiger partial charge in [0.15, 0.2) is 0 Å². The van der Waals surface area contributed by atoms with Crippen molar-refractivity contribution >= 4 is 23.4 Å². The van der Waals surface area contributed by atoms with Gasteiger partial charge in [-0.25, -0.2) is 0 Å². The van der Waals surface area contributed by atoms with Crippen LogP contribution in [0, 0.1) is 13.8 Å². The average Bonchev–Trinajstić information content (AvgIpc) is 2.48. The van der Waals surface area contributed by atoms with E-state index in [0.29, 0.717) is 0 Å². The third-order valence-corrected chi connectivity index (χ3v) is 3.04. The predicted octanol–water partition coefficient (Wildman–Crippen LogP) is -0.306. The molecule has 0 aromatic heterocycles. The summed E-state index contributed by atoms with van der Waals surface area (Å²) in [6.45, 7) is 3.73. The normalized spacial score (nSPS) is 9.95. The van der Waals surface area contributed by atoms with Gasteiger partial charge >= 0.3 is 0 Å². The van der Waals surface area contributed by atoms with E-state index < -0.39 is 0 Å². The Hall–Kier alpha value is -2.41. The van der Waals surface area contributed by atoms with Gasteiger partial charge in [0.05, 0.1) is 19.6 Å². The van der Waals surface area contributed by atoms with E-state index in [1.807, 2.05) is 32.0 Å². The van der Waals surface area contributed by atoms with E-state index in [1.165, 1.54) is 7.05 Å². The highest BCUT2D eigenvalue weighted by molar-refractivity contribution is 5.96. The van der Waals surface area contributed by atoms with Crippen molar-refractivity contribution in [2.45, 2.75) is 13.8 Å². The zero-order valence-electron chi connectivity index (χ0n) is 13.1. The predicted molar refractivity (Wildman–Crippen MR) is 84.5 cm³/mol. The first kappa shape index (κ1) is 17.6. The fraction of sp³-hybridized carbons (Fsp3) is 0.400. The molecule has 1 rings (SSSR count). The van der Waals surface area contributed by atoms with Crippen LogP contribution in [0.1, 0.15) is 11.1 Å². The maximum absolute atomic E-state index is 11.8. The fourth-order valence-corrected chi connectivity index (χ4v) is 1.81. The second-order valence-electron chi connectivity index (χ2n) is 4.87. The Morgan fingerprint density at radius 2 is 1.50 bits per heavy atom. The monoisotopic (exact) mass is 306 g/mol. The standard InChI is InChI=1S/C15H22N4O3/c1-10-5-4-6-11(2)15(10)19-14(22)9-18-13(21)8-17-7-12(20)16-3/h4-6,17H,7-9H2,1-3H3,(H,16,20)(H,18,21)(H,19,22). The number of nitrogens with one attached hydrogen (secondary N) is 4. The molecule has 0 spiro atoms. The first-order valence-electron chi connectivity index (χ1n) is 6.98. The summed E-state index contributed by atoms with van der Waals surface area (Å²) in [6, 6.07) is 5.73. The lowest BCUT2D eigenvalue weighted by molar-refractivity contribution is -0.124. The molecule has 7 heteroatoms. The molecule has 0 atom stereocenters. The molecular formula is C15H22N4O3. The molecule has 0 heterocycles. The zero-order valence-corrected chi connectivity index (χ0v) is 13.1. The first-order chi connectivity index (χ1) is 10.4. The van der Waals surface area contributed by atoms with Crippen LogP contribution in [0.5, 0.6) is 0 Å². The summed E-state index contributed by atoms with van der Waals surface area (Å²) in [5.74, 6) is -0.849. The summed E-state index contributed by atoms with van der Waals surface area (Å²) in [4.78, 5) is 34.3. The fourth-order valence-electron chi connectivity index (χ4n) is 1.81. The van der Waals surface area contributed by atoms with Crippen molar-refractivity contribution in [2.75, 3.05) is 32.0 Å². The number of carbonyl (C=O) groups excluding carboxylic acids is 3. The second kappa shape index (κ2) is 8.78. The van der Waals surface area contributed by atoms with Gasteiger partial charge in [-0.2, -0.15) is 0 Å². The number of para-hydroxylation sites is 1. The summed E-state index contributed by atoms with van der Waals surface area (Å²) in [5, 5.41) is 10.4. The van der Waals surface area contributed by atoms with E-state index in [4.69, 9.17) is 0 Å². The van der Waals surface area contributed by atoms with Crippen LogP contribution in [0.2, 0.25) is 0 Å². The van der Waals surface area contributed by atoms with Crippen molar-refractivity contribution < 1.29 is 14.4 Å². The molecule has 1 aromatic rings. The topological polar surface area (TPSA) is 99.3 Å². The van der Waals surface area contributed by atoms with Gasteiger partial charge in [-0.05, 0) is 25.0 Å². The van der Waals surface area contributed by atoms with E-state index in [2.05, 4.69) is 21.3 Å². The molecule has 0 fully saturated rings. The molecule has 0 aliphatic carbocycles. The number of rotatable bonds is 7. The first-order valence-corrected chi connectivity index (χ1v) is 6.98. The van der Waals surface area contributed by atoms with Crippen molar-refractivity contribution in [3.63, 3.8) is 0 Å². The molecule has 0 bridgehead atoms. The number of carbonyl (C=O) groups is 3. The van der Waals surface area contributed by atoms with Crippen LogP contribution < -0.4 is 21.3 Å². The van der Waals surface area contributed by atoms with Crippen LogP contribution in [-0.4, -0.2) is 44.4 Å². The number of likely N-dealkylation sites (N-methyl/N-ethyl adjacent to an activating group) is 1. The molecule has 7 nitrogen and oxygen atoms in total. The number of amides is 3. The molecule has 0 saturated carbocycles. The Morgan fingerprint density at radius 1 is 0.909 bits per heavy atom. The van der Waals surface area contributed by atoms with E-state index in [9.17, 15) is 14.4 Å². The number of hydrogen-bond acceptors (Lipinski definition) is 4. The van der Waals surface area contributed by atoms with E-state index in [1.54, 1.807) is 0 Å². The van der Waals surface area contributed by atoms with Crippen molar-refractivity contribution in [1.29, 1.82) is 0 Å². The Morgan fingerprint density at radius 3 is 2.09 bits per heavy atom. The van der Waals surface area contributed by atoms with Crippen LogP contribution >= 0.6 is 0 Å². The Bertz CT molecular complexity index is 537. The van der Waals surface area contributed by atoms with Crippen LogP contribution in [0.4, 0.5) is 5.69 Å². The van der Waals surface area contributed by atoms with Crippen LogP contribution in [0.3, 0.4) is 0 Å². The molecule has 1 aromatic carbocycles. The summed E-state index contributed by atoms with van der Waals surface area (Å²) in [5.41, 5.74) is 2.69. The van der Waals surface area contributed by atoms with Crippen LogP contribution in [0.15, 0.2) is 18.2 Å². The van der Waals surface area contributed by atoms with Crippen molar-refractivity contribution in [3.8, 4) is 0 Å². The molecule has 0 saturated heterocycles. The Kier molecular flexibility index (Phi) is 7.04. The van der Waals surface area contributed by atoms with Gasteiger partial charge in [0.25, 0.3) is 0 Å². The van der Waals surface area contributed by atoms with E-state index in [-0.39, 0.29) is 37.4 Å². The lowest BCUT2D eigenvalue weighted by Gasteiger charge is -2.12. The molecule has 0 radical (unpaired) electrons. The van der Waals surface area contributed by atoms with Crippen molar-refractivity contribution in [2.24, 2.45) is 0 Å². The average molecular weight is 306 g/mol. The van der Waals surface area contributed by atoms with Gasteiger partial charge in [0.1, 0.15) is 0 Å². The van der Waals surface area contributed by atoms with Gasteiger partial charge in [0, 0.05) is 12.7 Å². The zero-order chi connectivity index (χ0) is 16.5. The van der Waals surface area contributed by atoms with E-state index in [0.717, 1.165) is 16.8 Å². The van der Waals surface area contributed by atoms with Crippen LogP contribution in [0.25, 0.3) is 0 Å². The maximum Gasteiger partial charge on any atom is 0.243 e. The quantitative estimate of drug-likeness (QED) is 0.555. The maximum atomic E-state index is 11.8. The smallest absolute Gasteiger partial charge is 0.243 e. The largest absolute Gasteiger partial charge is 0.358 e. The number of benzene rings is 1. The van der Waals surface area contributed by atoms with Gasteiger partial charge in [-0.3, -0.25) is 19.7 Å². The summed E-state index contributed by atoms with van der Waals surface area (Å²) < 4.78 is 0. The summed E-state index contributed by atoms with van der Waals surface area (Å²) in [6.07, 6.45) is 0. The van der Waals surface area contributed by atoms with Crippen molar-refractivity contribution in [1.82, 2.24) is 16.0 Å². The number of anilines is 1. The molecular weight excluding hydrogens is 284 g/mol. The highest BCUT2D eigenvalue weighted by Gasteiger charge is 2.09. The lowest BCUT2D eigenvalue weighted by atomic mass is 10.1. The lowest BCUT2D eigenvalue weighted by Crippen LogP contribution is -2.41. The molecule has 0 unspecified atom stereocenters. The molecule has 3 amide bonds. The van der Waals surface area contributed by atoms with Gasteiger partial charge in [-0.15, -0.1) is 0 Å². The van der Waals surface area contributed by atoms with Gasteiger partial charge in [-0.1, -0.05) is 18.2 Å². The van der Waals surface area contributed by atoms with Gasteiger partial charge in [0.2, 0.25) is 17.7 Å². The summed E-state index contributed by atoms with van der Waals surface area (Å²) >= 11 is 0. The van der Waals surface area contributed by atoms with E-state index >= 15 is 0 Å². The molecule has 120 valence electrons. The number of hydrogen-bond donors (Lipinski definition) is 4. The Balaban J connectivity index is 2.34. The molecule has 4 N–H and O–H groups in total. The highest BCUT2D eigenvalue weighted by atomic mass is 16.2. The SMILES string of the molecule is CNC(=O)CNCC(=O)NCC(=O)Nc1c(C)cccc1C. The second-order valence-corrected chi connectivity index (χ2v) is 4.87. The van der Waals surface area contributed by atoms with Crippen molar-refractivity contribution in [3.05, 3.63) is 29.3 Å². The number of aryl methyl sites for hydroxylation is 2. The van der Waals surface area contributed by atoms with Gasteiger partial charge < -0.3 is 16.0 Å². The highest BCUT2D eigenvalue weighted by Crippen LogP contribution is 2.18. The Labute approximate surface area is 129 Å². The summed E-state index contributed by atoms with van der Waals surface area (Å²) in [7, 11) is 1.52. The molecule has 0 aliphatic heterocycles. The molecule has 22 heavy (non-hydrogen) atoms. The minimum Gasteiger partial charge on any atom is -0.358 e. The third-order valence-electron chi connectivity index (χ3n) is 3.04. The minimum atomic E-state index is -0.347. The van der Waals surface area contributed by atoms with Crippen LogP contribution in [-0.2, 0) is 14.4 Å².